The maximum atomic E-state index is 7.09. The first-order valence-electron chi connectivity index (χ1n) is 25.2. The molecule has 3 heterocycles. The Morgan fingerprint density at radius 2 is 1.11 bits per heavy atom. The fourth-order valence-electron chi connectivity index (χ4n) is 10.1. The third-order valence-electron chi connectivity index (χ3n) is 14.1. The lowest BCUT2D eigenvalue weighted by molar-refractivity contribution is 0.479. The number of nitrogens with zero attached hydrogens (tertiary/aromatic N) is 4. The third kappa shape index (κ3) is 9.38. The minimum absolute atomic E-state index is 0.0272. The fraction of sp³-hybridized carbons (Fsp3) is 0.258. The number of fused-ring (bicyclic) bond motifs is 3. The van der Waals surface area contributed by atoms with Crippen LogP contribution in [-0.4, -0.2) is 16.2 Å². The quantitative estimate of drug-likeness (QED) is 0.152. The number of ether oxygens (including phenoxy) is 1. The highest BCUT2D eigenvalue weighted by atomic mass is 16.5. The number of hydrogen-bond acceptors (Lipinski definition) is 4. The van der Waals surface area contributed by atoms with Crippen molar-refractivity contribution < 1.29 is 4.74 Å². The zero-order valence-electron chi connectivity index (χ0n) is 43.7. The first kappa shape index (κ1) is 47.3. The second kappa shape index (κ2) is 17.8. The van der Waals surface area contributed by atoms with Crippen LogP contribution in [0.2, 0.25) is 0 Å². The summed E-state index contributed by atoms with van der Waals surface area (Å²) in [7, 11) is 0. The van der Waals surface area contributed by atoms with E-state index in [2.05, 4.69) is 280 Å². The van der Waals surface area contributed by atoms with Gasteiger partial charge in [-0.2, -0.15) is 0 Å². The molecule has 5 nitrogen and oxygen atoms in total. The molecule has 0 aliphatic carbocycles. The third-order valence-corrected chi connectivity index (χ3v) is 14.1. The highest BCUT2D eigenvalue weighted by molar-refractivity contribution is 6.10. The Bertz CT molecular complexity index is 3460. The van der Waals surface area contributed by atoms with Crippen LogP contribution in [0.3, 0.4) is 0 Å². The molecule has 0 bridgehead atoms. The van der Waals surface area contributed by atoms with E-state index in [1.165, 1.54) is 55.6 Å². The van der Waals surface area contributed by atoms with Crippen LogP contribution in [-0.2, 0) is 21.7 Å². The zero-order chi connectivity index (χ0) is 50.0. The second-order valence-corrected chi connectivity index (χ2v) is 23.5. The van der Waals surface area contributed by atoms with Crippen LogP contribution in [0.15, 0.2) is 182 Å². The van der Waals surface area contributed by atoms with Gasteiger partial charge in [0.05, 0.1) is 23.4 Å². The van der Waals surface area contributed by atoms with Gasteiger partial charge >= 0.3 is 0 Å². The Balaban J connectivity index is 1.10. The SMILES string of the molecule is CC(C)(C)c1cccc(-c2cnc(-n3c4ccc(-c5ccccc5)cc4c4ccc(Oc5cc(N6C=C(c7ccccc7)N(c7ccccc7C(C)(C)C)C6)cc(C(C)(C)C)c5)cc43)cc2C(C)(C)C)c1. The summed E-state index contributed by atoms with van der Waals surface area (Å²) in [4.78, 5) is 10.2. The lowest BCUT2D eigenvalue weighted by Gasteiger charge is -2.31. The molecule has 0 spiro atoms. The van der Waals surface area contributed by atoms with Gasteiger partial charge < -0.3 is 14.5 Å². The van der Waals surface area contributed by atoms with E-state index < -0.39 is 0 Å². The predicted octanol–water partition coefficient (Wildman–Crippen LogP) is 17.8. The molecular formula is C66H68N4O. The molecule has 1 aliphatic rings. The van der Waals surface area contributed by atoms with E-state index in [0.29, 0.717) is 6.67 Å². The second-order valence-electron chi connectivity index (χ2n) is 23.5. The molecule has 71 heavy (non-hydrogen) atoms. The van der Waals surface area contributed by atoms with Crippen molar-refractivity contribution in [2.75, 3.05) is 16.5 Å². The molecule has 1 aliphatic heterocycles. The van der Waals surface area contributed by atoms with Gasteiger partial charge in [-0.1, -0.05) is 192 Å². The van der Waals surface area contributed by atoms with Crippen molar-refractivity contribution in [3.8, 4) is 39.6 Å². The number of pyridine rings is 1. The average Bonchev–Trinajstić information content (AvgIpc) is 3.93. The predicted molar refractivity (Wildman–Crippen MR) is 301 cm³/mol. The Morgan fingerprint density at radius 1 is 0.451 bits per heavy atom. The van der Waals surface area contributed by atoms with Crippen molar-refractivity contribution in [1.82, 2.24) is 9.55 Å². The van der Waals surface area contributed by atoms with E-state index in [-0.39, 0.29) is 21.7 Å². The summed E-state index contributed by atoms with van der Waals surface area (Å²) in [6.07, 6.45) is 4.40. The maximum Gasteiger partial charge on any atom is 0.137 e. The largest absolute Gasteiger partial charge is 0.457 e. The Kier molecular flexibility index (Phi) is 11.9. The van der Waals surface area contributed by atoms with Crippen molar-refractivity contribution in [2.45, 2.75) is 105 Å². The van der Waals surface area contributed by atoms with E-state index in [1.807, 2.05) is 0 Å². The van der Waals surface area contributed by atoms with Crippen LogP contribution in [0.4, 0.5) is 11.4 Å². The van der Waals surface area contributed by atoms with Gasteiger partial charge in [-0.3, -0.25) is 4.57 Å². The average molecular weight is 933 g/mol. The number of para-hydroxylation sites is 1. The smallest absolute Gasteiger partial charge is 0.137 e. The van der Waals surface area contributed by atoms with E-state index >= 15 is 0 Å². The summed E-state index contributed by atoms with van der Waals surface area (Å²) in [5, 5.41) is 2.31. The first-order valence-corrected chi connectivity index (χ1v) is 25.2. The highest BCUT2D eigenvalue weighted by Gasteiger charge is 2.31. The number of hydrogen-bond donors (Lipinski definition) is 0. The minimum atomic E-state index is -0.159. The summed E-state index contributed by atoms with van der Waals surface area (Å²) < 4.78 is 9.42. The van der Waals surface area contributed by atoms with Crippen LogP contribution >= 0.6 is 0 Å². The van der Waals surface area contributed by atoms with Gasteiger partial charge in [0.2, 0.25) is 0 Å². The van der Waals surface area contributed by atoms with Crippen molar-refractivity contribution in [3.05, 3.63) is 210 Å². The van der Waals surface area contributed by atoms with E-state index in [9.17, 15) is 0 Å². The molecule has 0 N–H and O–H groups in total. The summed E-state index contributed by atoms with van der Waals surface area (Å²) in [5.41, 5.74) is 16.2. The summed E-state index contributed by atoms with van der Waals surface area (Å²) in [5.74, 6) is 2.43. The first-order chi connectivity index (χ1) is 33.7. The molecule has 7 aromatic carbocycles. The van der Waals surface area contributed by atoms with Gasteiger partial charge in [0, 0.05) is 52.2 Å². The van der Waals surface area contributed by atoms with Crippen molar-refractivity contribution in [3.63, 3.8) is 0 Å². The maximum absolute atomic E-state index is 7.09. The molecule has 2 aromatic heterocycles. The Morgan fingerprint density at radius 3 is 1.80 bits per heavy atom. The van der Waals surface area contributed by atoms with Gasteiger partial charge in [0.15, 0.2) is 0 Å². The van der Waals surface area contributed by atoms with E-state index in [0.717, 1.165) is 50.7 Å². The molecule has 0 fully saturated rings. The van der Waals surface area contributed by atoms with E-state index in [4.69, 9.17) is 9.72 Å². The number of aromatic nitrogens is 2. The standard InChI is InChI=1S/C66H68N4O/c1-63(2,3)48-27-21-26-47(34-48)55-41-67-62(40-57(55)66(10,11)12)70-58-33-30-46(44-22-15-13-16-23-44)35-54(58)53-32-31-51(39-60(53)70)71-52-37-49(64(4,5)6)36-50(38-52)68-42-61(45-24-17-14-18-25-45)69(43-68)59-29-20-19-28-56(59)65(7,8)9/h13-42H,43H2,1-12H3. The molecule has 10 rings (SSSR count). The topological polar surface area (TPSA) is 33.5 Å². The molecule has 0 unspecified atom stereocenters. The van der Waals surface area contributed by atoms with Crippen LogP contribution in [0.1, 0.15) is 111 Å². The van der Waals surface area contributed by atoms with Crippen LogP contribution < -0.4 is 14.5 Å². The molecule has 0 radical (unpaired) electrons. The minimum Gasteiger partial charge on any atom is -0.457 e. The normalized spacial score (nSPS) is 13.6. The number of anilines is 2. The fourth-order valence-corrected chi connectivity index (χ4v) is 10.1. The Labute approximate surface area is 422 Å². The van der Waals surface area contributed by atoms with Gasteiger partial charge in [0.25, 0.3) is 0 Å². The van der Waals surface area contributed by atoms with Crippen molar-refractivity contribution >= 4 is 38.9 Å². The van der Waals surface area contributed by atoms with Gasteiger partial charge in [0.1, 0.15) is 17.3 Å². The zero-order valence-corrected chi connectivity index (χ0v) is 43.7. The van der Waals surface area contributed by atoms with Gasteiger partial charge in [-0.05, 0) is 115 Å². The lowest BCUT2D eigenvalue weighted by Crippen LogP contribution is -2.29. The van der Waals surface area contributed by atoms with Gasteiger partial charge in [-0.25, -0.2) is 4.98 Å². The van der Waals surface area contributed by atoms with Gasteiger partial charge in [-0.15, -0.1) is 0 Å². The van der Waals surface area contributed by atoms with Crippen molar-refractivity contribution in [2.24, 2.45) is 0 Å². The monoisotopic (exact) mass is 933 g/mol. The Hall–Kier alpha value is -7.37. The summed E-state index contributed by atoms with van der Waals surface area (Å²) in [6, 6.07) is 61.6. The van der Waals surface area contributed by atoms with Crippen LogP contribution in [0, 0.1) is 0 Å². The molecule has 9 aromatic rings. The summed E-state index contributed by atoms with van der Waals surface area (Å²) >= 11 is 0. The molecule has 0 amide bonds. The van der Waals surface area contributed by atoms with Crippen LogP contribution in [0.5, 0.6) is 11.5 Å². The van der Waals surface area contributed by atoms with E-state index in [1.54, 1.807) is 0 Å². The number of benzene rings is 7. The summed E-state index contributed by atoms with van der Waals surface area (Å²) in [6.45, 7) is 28.1. The molecular weight excluding hydrogens is 865 g/mol. The lowest BCUT2D eigenvalue weighted by atomic mass is 9.81. The highest BCUT2D eigenvalue weighted by Crippen LogP contribution is 2.44. The molecule has 0 saturated heterocycles. The molecule has 358 valence electrons. The molecule has 0 saturated carbocycles. The number of rotatable bonds is 8. The molecule has 0 atom stereocenters. The van der Waals surface area contributed by atoms with Crippen molar-refractivity contribution in [1.29, 1.82) is 0 Å². The molecule has 5 heteroatoms. The van der Waals surface area contributed by atoms with Crippen LogP contribution in [0.25, 0.3) is 55.6 Å².